The third-order valence-electron chi connectivity index (χ3n) is 4.20. The van der Waals surface area contributed by atoms with Crippen LogP contribution in [0.25, 0.3) is 0 Å². The number of hydrogen-bond donors (Lipinski definition) is 2. The molecule has 2 rings (SSSR count). The van der Waals surface area contributed by atoms with Crippen molar-refractivity contribution in [1.82, 2.24) is 15.6 Å². The van der Waals surface area contributed by atoms with E-state index in [-0.39, 0.29) is 0 Å². The van der Waals surface area contributed by atoms with E-state index in [1.807, 2.05) is 26.0 Å². The molecule has 1 aromatic heterocycles. The van der Waals surface area contributed by atoms with Gasteiger partial charge in [0.15, 0.2) is 17.5 Å². The standard InChI is InChI=1S/C20H30N4O3S/c1-7-21-20(23-12-17-13(2)24-14(3)28-17)22-11-10-15-8-9-16(25-4)19(27-6)18(15)26-5/h8-9H,7,10-12H2,1-6H3,(H2,21,22,23). The molecule has 0 aliphatic rings. The van der Waals surface area contributed by atoms with Crippen LogP contribution in [-0.2, 0) is 13.0 Å². The summed E-state index contributed by atoms with van der Waals surface area (Å²) in [6.07, 6.45) is 0.757. The summed E-state index contributed by atoms with van der Waals surface area (Å²) < 4.78 is 16.3. The molecule has 2 N–H and O–H groups in total. The summed E-state index contributed by atoms with van der Waals surface area (Å²) >= 11 is 1.69. The van der Waals surface area contributed by atoms with Crippen LogP contribution in [0, 0.1) is 13.8 Å². The van der Waals surface area contributed by atoms with Gasteiger partial charge in [0.25, 0.3) is 0 Å². The summed E-state index contributed by atoms with van der Waals surface area (Å²) in [6.45, 7) is 8.22. The highest BCUT2D eigenvalue weighted by atomic mass is 32.1. The Kier molecular flexibility index (Phi) is 8.38. The largest absolute Gasteiger partial charge is 0.493 e. The Morgan fingerprint density at radius 2 is 1.82 bits per heavy atom. The molecule has 0 aliphatic heterocycles. The van der Waals surface area contributed by atoms with Gasteiger partial charge in [-0.1, -0.05) is 6.07 Å². The predicted molar refractivity (Wildman–Crippen MR) is 114 cm³/mol. The topological polar surface area (TPSA) is 77.0 Å². The average molecular weight is 407 g/mol. The smallest absolute Gasteiger partial charge is 0.203 e. The monoisotopic (exact) mass is 406 g/mol. The van der Waals surface area contributed by atoms with Crippen LogP contribution in [0.2, 0.25) is 0 Å². The lowest BCUT2D eigenvalue weighted by Crippen LogP contribution is -2.38. The van der Waals surface area contributed by atoms with Crippen LogP contribution < -0.4 is 24.8 Å². The minimum absolute atomic E-state index is 0.610. The van der Waals surface area contributed by atoms with Crippen molar-refractivity contribution in [2.75, 3.05) is 34.4 Å². The number of hydrogen-bond acceptors (Lipinski definition) is 6. The zero-order valence-electron chi connectivity index (χ0n) is 17.5. The van der Waals surface area contributed by atoms with Gasteiger partial charge in [-0.05, 0) is 33.3 Å². The van der Waals surface area contributed by atoms with Gasteiger partial charge in [-0.25, -0.2) is 9.98 Å². The number of rotatable bonds is 9. The van der Waals surface area contributed by atoms with Gasteiger partial charge in [0.2, 0.25) is 5.75 Å². The van der Waals surface area contributed by atoms with Crippen LogP contribution in [0.4, 0.5) is 0 Å². The number of benzene rings is 1. The van der Waals surface area contributed by atoms with E-state index in [4.69, 9.17) is 14.2 Å². The fourth-order valence-corrected chi connectivity index (χ4v) is 3.75. The Hall–Kier alpha value is -2.48. The third kappa shape index (κ3) is 5.51. The quantitative estimate of drug-likeness (QED) is 0.492. The molecular formula is C20H30N4O3S. The first-order valence-electron chi connectivity index (χ1n) is 9.26. The summed E-state index contributed by atoms with van der Waals surface area (Å²) in [4.78, 5) is 10.3. The fraction of sp³-hybridized carbons (Fsp3) is 0.500. The van der Waals surface area contributed by atoms with Gasteiger partial charge in [0.05, 0.1) is 38.6 Å². The second-order valence-corrected chi connectivity index (χ2v) is 7.39. The van der Waals surface area contributed by atoms with Gasteiger partial charge in [-0.15, -0.1) is 11.3 Å². The zero-order valence-corrected chi connectivity index (χ0v) is 18.3. The molecule has 0 saturated carbocycles. The molecule has 0 unspecified atom stereocenters. The number of aliphatic imine (C=N–C) groups is 1. The average Bonchev–Trinajstić information content (AvgIpc) is 3.02. The number of guanidine groups is 1. The van der Waals surface area contributed by atoms with Gasteiger partial charge in [-0.3, -0.25) is 0 Å². The first-order chi connectivity index (χ1) is 13.5. The van der Waals surface area contributed by atoms with Crippen LogP contribution in [0.5, 0.6) is 17.2 Å². The Balaban J connectivity index is 2.04. The summed E-state index contributed by atoms with van der Waals surface area (Å²) in [5, 5.41) is 7.73. The van der Waals surface area contributed by atoms with Crippen LogP contribution >= 0.6 is 11.3 Å². The molecule has 154 valence electrons. The van der Waals surface area contributed by atoms with E-state index in [1.54, 1.807) is 32.7 Å². The molecule has 0 fully saturated rings. The fourth-order valence-electron chi connectivity index (χ4n) is 2.89. The normalized spacial score (nSPS) is 11.3. The second-order valence-electron chi connectivity index (χ2n) is 6.11. The zero-order chi connectivity index (χ0) is 20.5. The van der Waals surface area contributed by atoms with E-state index in [0.717, 1.165) is 35.2 Å². The van der Waals surface area contributed by atoms with Crippen molar-refractivity contribution >= 4 is 17.3 Å². The molecule has 0 spiro atoms. The molecule has 0 radical (unpaired) electrons. The van der Waals surface area contributed by atoms with Gasteiger partial charge in [0.1, 0.15) is 0 Å². The van der Waals surface area contributed by atoms with Gasteiger partial charge in [-0.2, -0.15) is 0 Å². The number of thiazole rings is 1. The van der Waals surface area contributed by atoms with E-state index < -0.39 is 0 Å². The molecule has 28 heavy (non-hydrogen) atoms. The highest BCUT2D eigenvalue weighted by molar-refractivity contribution is 7.11. The molecule has 0 saturated heterocycles. The minimum Gasteiger partial charge on any atom is -0.493 e. The number of aromatic nitrogens is 1. The van der Waals surface area contributed by atoms with Crippen LogP contribution in [-0.4, -0.2) is 45.4 Å². The minimum atomic E-state index is 0.610. The third-order valence-corrected chi connectivity index (χ3v) is 5.25. The molecule has 1 aromatic carbocycles. The molecule has 0 bridgehead atoms. The van der Waals surface area contributed by atoms with Gasteiger partial charge in [0, 0.05) is 23.5 Å². The lowest BCUT2D eigenvalue weighted by Gasteiger charge is -2.16. The SMILES string of the molecule is CCNC(=NCc1sc(C)nc1C)NCCc1ccc(OC)c(OC)c1OC. The Bertz CT molecular complexity index is 805. The summed E-state index contributed by atoms with van der Waals surface area (Å²) in [6, 6.07) is 3.89. The number of nitrogens with zero attached hydrogens (tertiary/aromatic N) is 2. The maximum absolute atomic E-state index is 5.55. The highest BCUT2D eigenvalue weighted by Gasteiger charge is 2.15. The van der Waals surface area contributed by atoms with Crippen molar-refractivity contribution < 1.29 is 14.2 Å². The summed E-state index contributed by atoms with van der Waals surface area (Å²) in [5.41, 5.74) is 2.09. The first kappa shape index (κ1) is 21.8. The van der Waals surface area contributed by atoms with Gasteiger partial charge >= 0.3 is 0 Å². The van der Waals surface area contributed by atoms with Crippen LogP contribution in [0.3, 0.4) is 0 Å². The lowest BCUT2D eigenvalue weighted by molar-refractivity contribution is 0.322. The molecule has 8 heteroatoms. The van der Waals surface area contributed by atoms with Crippen LogP contribution in [0.15, 0.2) is 17.1 Å². The van der Waals surface area contributed by atoms with E-state index in [1.165, 1.54) is 4.88 Å². The van der Waals surface area contributed by atoms with E-state index in [2.05, 4.69) is 27.5 Å². The molecule has 0 amide bonds. The summed E-state index contributed by atoms with van der Waals surface area (Å²) in [7, 11) is 4.87. The maximum Gasteiger partial charge on any atom is 0.203 e. The number of ether oxygens (including phenoxy) is 3. The number of methoxy groups -OCH3 is 3. The Labute approximate surface area is 171 Å². The molecule has 7 nitrogen and oxygen atoms in total. The van der Waals surface area contributed by atoms with Crippen molar-refractivity contribution in [1.29, 1.82) is 0 Å². The molecular weight excluding hydrogens is 376 g/mol. The summed E-state index contributed by atoms with van der Waals surface area (Å²) in [5.74, 6) is 2.74. The van der Waals surface area contributed by atoms with E-state index >= 15 is 0 Å². The predicted octanol–water partition coefficient (Wildman–Crippen LogP) is 3.08. The van der Waals surface area contributed by atoms with Crippen molar-refractivity contribution in [2.24, 2.45) is 4.99 Å². The number of nitrogens with one attached hydrogen (secondary N) is 2. The molecule has 0 atom stereocenters. The van der Waals surface area contributed by atoms with Crippen molar-refractivity contribution in [2.45, 2.75) is 33.7 Å². The highest BCUT2D eigenvalue weighted by Crippen LogP contribution is 2.39. The second kappa shape index (κ2) is 10.8. The molecule has 1 heterocycles. The van der Waals surface area contributed by atoms with E-state index in [9.17, 15) is 0 Å². The molecule has 2 aromatic rings. The number of aryl methyl sites for hydroxylation is 2. The maximum atomic E-state index is 5.55. The Morgan fingerprint density at radius 1 is 1.07 bits per heavy atom. The lowest BCUT2D eigenvalue weighted by atomic mass is 10.1. The van der Waals surface area contributed by atoms with Crippen LogP contribution in [0.1, 0.15) is 28.1 Å². The Morgan fingerprint density at radius 3 is 2.39 bits per heavy atom. The first-order valence-corrected chi connectivity index (χ1v) is 10.1. The molecule has 0 aliphatic carbocycles. The van der Waals surface area contributed by atoms with E-state index in [0.29, 0.717) is 30.3 Å². The van der Waals surface area contributed by atoms with Crippen molar-refractivity contribution in [3.05, 3.63) is 33.3 Å². The van der Waals surface area contributed by atoms with Crippen molar-refractivity contribution in [3.8, 4) is 17.2 Å². The van der Waals surface area contributed by atoms with Gasteiger partial charge < -0.3 is 24.8 Å². The van der Waals surface area contributed by atoms with Crippen molar-refractivity contribution in [3.63, 3.8) is 0 Å².